The van der Waals surface area contributed by atoms with Crippen LogP contribution in [0, 0.1) is 0 Å². The smallest absolute Gasteiger partial charge is 0.251 e. The normalized spacial score (nSPS) is 12.8. The number of amidine groups is 1. The molecule has 108 valence electrons. The quantitative estimate of drug-likeness (QED) is 0.360. The number of nitrogens with two attached hydrogens (primary N) is 2. The van der Waals surface area contributed by atoms with Crippen molar-refractivity contribution >= 4 is 17.6 Å². The second kappa shape index (κ2) is 7.93. The fraction of sp³-hybridized carbons (Fsp3) is 0.357. The number of primary amides is 1. The molecule has 1 rings (SSSR count). The van der Waals surface area contributed by atoms with Crippen LogP contribution in [0.2, 0.25) is 0 Å². The standard InChI is InChI=1S/C14H20N4O2/c1-2-12(15)17-9-8-11(13(16)19)18-14(20)10-6-4-3-5-7-10/h3-7,11H,2,8-9H2,1H3,(H2,15,17)(H2,16,19)(H,18,20)/p+1. The van der Waals surface area contributed by atoms with Gasteiger partial charge in [0.05, 0.1) is 6.54 Å². The summed E-state index contributed by atoms with van der Waals surface area (Å²) in [6.07, 6.45) is 1.09. The van der Waals surface area contributed by atoms with Crippen molar-refractivity contribution in [3.8, 4) is 0 Å². The first-order valence-corrected chi connectivity index (χ1v) is 6.55. The van der Waals surface area contributed by atoms with Crippen LogP contribution in [0.15, 0.2) is 30.3 Å². The van der Waals surface area contributed by atoms with E-state index in [1.165, 1.54) is 0 Å². The molecule has 1 unspecified atom stereocenters. The van der Waals surface area contributed by atoms with Crippen molar-refractivity contribution in [2.24, 2.45) is 11.5 Å². The van der Waals surface area contributed by atoms with Crippen molar-refractivity contribution in [3.63, 3.8) is 0 Å². The van der Waals surface area contributed by atoms with Gasteiger partial charge in [-0.15, -0.1) is 0 Å². The van der Waals surface area contributed by atoms with E-state index in [9.17, 15) is 9.59 Å². The monoisotopic (exact) mass is 277 g/mol. The van der Waals surface area contributed by atoms with E-state index >= 15 is 0 Å². The molecule has 0 radical (unpaired) electrons. The molecular formula is C14H21N4O2+. The van der Waals surface area contributed by atoms with Gasteiger partial charge in [0.25, 0.3) is 5.91 Å². The minimum atomic E-state index is -0.722. The number of rotatable bonds is 7. The summed E-state index contributed by atoms with van der Waals surface area (Å²) < 4.78 is 0. The summed E-state index contributed by atoms with van der Waals surface area (Å²) in [5, 5.41) is 2.62. The maximum Gasteiger partial charge on any atom is 0.251 e. The Labute approximate surface area is 118 Å². The van der Waals surface area contributed by atoms with E-state index in [1.807, 2.05) is 13.0 Å². The lowest BCUT2D eigenvalue weighted by atomic mass is 10.1. The molecule has 0 aliphatic carbocycles. The maximum absolute atomic E-state index is 11.9. The zero-order chi connectivity index (χ0) is 15.0. The lowest BCUT2D eigenvalue weighted by molar-refractivity contribution is -0.460. The number of hydrogen-bond acceptors (Lipinski definition) is 2. The van der Waals surface area contributed by atoms with Gasteiger partial charge in [0.15, 0.2) is 0 Å². The van der Waals surface area contributed by atoms with Crippen molar-refractivity contribution in [2.45, 2.75) is 25.8 Å². The summed E-state index contributed by atoms with van der Waals surface area (Å²) in [7, 11) is 0. The first kappa shape index (κ1) is 15.7. The van der Waals surface area contributed by atoms with Crippen molar-refractivity contribution in [1.29, 1.82) is 0 Å². The minimum Gasteiger partial charge on any atom is -0.368 e. The molecule has 0 aromatic heterocycles. The molecule has 2 amide bonds. The Kier molecular flexibility index (Phi) is 6.22. The highest BCUT2D eigenvalue weighted by atomic mass is 16.2. The summed E-state index contributed by atoms with van der Waals surface area (Å²) in [4.78, 5) is 26.3. The van der Waals surface area contributed by atoms with E-state index in [-0.39, 0.29) is 5.91 Å². The molecule has 0 aliphatic heterocycles. The van der Waals surface area contributed by atoms with E-state index in [2.05, 4.69) is 10.3 Å². The van der Waals surface area contributed by atoms with Gasteiger partial charge in [-0.3, -0.25) is 20.3 Å². The summed E-state index contributed by atoms with van der Waals surface area (Å²) >= 11 is 0. The summed E-state index contributed by atoms with van der Waals surface area (Å²) in [5.41, 5.74) is 11.4. The molecule has 6 nitrogen and oxygen atoms in total. The van der Waals surface area contributed by atoms with Gasteiger partial charge in [-0.2, -0.15) is 0 Å². The van der Waals surface area contributed by atoms with Crippen LogP contribution in [0.4, 0.5) is 0 Å². The van der Waals surface area contributed by atoms with Crippen molar-refractivity contribution in [2.75, 3.05) is 6.54 Å². The number of nitrogens with one attached hydrogen (secondary N) is 2. The Bertz CT molecular complexity index is 485. The highest BCUT2D eigenvalue weighted by Crippen LogP contribution is 1.99. The SMILES string of the molecule is CCC(N)=[NH+]CCC(NC(=O)c1ccccc1)C(N)=O. The average Bonchev–Trinajstić information content (AvgIpc) is 2.46. The van der Waals surface area contributed by atoms with Gasteiger partial charge in [0, 0.05) is 18.4 Å². The molecule has 1 aromatic carbocycles. The van der Waals surface area contributed by atoms with E-state index < -0.39 is 11.9 Å². The third-order valence-corrected chi connectivity index (χ3v) is 2.85. The molecule has 1 atom stereocenters. The number of carbonyl (C=O) groups excluding carboxylic acids is 2. The predicted molar refractivity (Wildman–Crippen MR) is 76.8 cm³/mol. The number of benzene rings is 1. The first-order chi connectivity index (χ1) is 9.54. The highest BCUT2D eigenvalue weighted by molar-refractivity contribution is 5.97. The van der Waals surface area contributed by atoms with E-state index in [0.717, 1.165) is 0 Å². The van der Waals surface area contributed by atoms with Crippen LogP contribution < -0.4 is 21.8 Å². The fourth-order valence-corrected chi connectivity index (χ4v) is 1.62. The van der Waals surface area contributed by atoms with E-state index in [0.29, 0.717) is 30.8 Å². The Balaban J connectivity index is 2.59. The lowest BCUT2D eigenvalue weighted by Gasteiger charge is -2.14. The third kappa shape index (κ3) is 5.09. The highest BCUT2D eigenvalue weighted by Gasteiger charge is 2.18. The molecule has 0 heterocycles. The fourth-order valence-electron chi connectivity index (χ4n) is 1.62. The molecule has 0 bridgehead atoms. The number of carbonyl (C=O) groups is 2. The molecule has 0 saturated carbocycles. The molecule has 6 heteroatoms. The molecule has 0 fully saturated rings. The maximum atomic E-state index is 11.9. The minimum absolute atomic E-state index is 0.318. The van der Waals surface area contributed by atoms with Crippen LogP contribution in [-0.2, 0) is 4.79 Å². The van der Waals surface area contributed by atoms with Crippen LogP contribution in [0.25, 0.3) is 0 Å². The molecule has 0 spiro atoms. The molecule has 6 N–H and O–H groups in total. The average molecular weight is 277 g/mol. The van der Waals surface area contributed by atoms with Gasteiger partial charge >= 0.3 is 0 Å². The molecule has 0 aliphatic rings. The second-order valence-electron chi connectivity index (χ2n) is 4.39. The number of hydrogen-bond donors (Lipinski definition) is 4. The Morgan fingerprint density at radius 1 is 1.25 bits per heavy atom. The predicted octanol–water partition coefficient (Wildman–Crippen LogP) is -1.49. The van der Waals surface area contributed by atoms with Crippen LogP contribution in [-0.4, -0.2) is 30.2 Å². The van der Waals surface area contributed by atoms with Gasteiger partial charge in [-0.1, -0.05) is 25.1 Å². The summed E-state index contributed by atoms with van der Waals surface area (Å²) in [6, 6.07) is 7.96. The van der Waals surface area contributed by atoms with Crippen LogP contribution >= 0.6 is 0 Å². The van der Waals surface area contributed by atoms with Crippen molar-refractivity contribution < 1.29 is 14.6 Å². The first-order valence-electron chi connectivity index (χ1n) is 6.55. The van der Waals surface area contributed by atoms with Crippen LogP contribution in [0.3, 0.4) is 0 Å². The Hall–Kier alpha value is -2.37. The van der Waals surface area contributed by atoms with Crippen LogP contribution in [0.5, 0.6) is 0 Å². The van der Waals surface area contributed by atoms with Gasteiger partial charge in [0.2, 0.25) is 11.7 Å². The molecule has 20 heavy (non-hydrogen) atoms. The zero-order valence-corrected chi connectivity index (χ0v) is 11.6. The molecule has 0 saturated heterocycles. The molecule has 1 aromatic rings. The zero-order valence-electron chi connectivity index (χ0n) is 11.6. The summed E-state index contributed by atoms with van der Waals surface area (Å²) in [6.45, 7) is 2.40. The van der Waals surface area contributed by atoms with Crippen molar-refractivity contribution in [3.05, 3.63) is 35.9 Å². The van der Waals surface area contributed by atoms with Gasteiger partial charge in [0.1, 0.15) is 6.04 Å². The van der Waals surface area contributed by atoms with E-state index in [1.54, 1.807) is 24.3 Å². The van der Waals surface area contributed by atoms with E-state index in [4.69, 9.17) is 11.5 Å². The lowest BCUT2D eigenvalue weighted by Crippen LogP contribution is -2.76. The van der Waals surface area contributed by atoms with Crippen molar-refractivity contribution in [1.82, 2.24) is 5.32 Å². The molecular weight excluding hydrogens is 256 g/mol. The van der Waals surface area contributed by atoms with Gasteiger partial charge in [-0.05, 0) is 12.1 Å². The summed E-state index contributed by atoms with van der Waals surface area (Å²) in [5.74, 6) is -0.240. The Morgan fingerprint density at radius 3 is 2.45 bits per heavy atom. The van der Waals surface area contributed by atoms with Gasteiger partial charge < -0.3 is 11.1 Å². The largest absolute Gasteiger partial charge is 0.368 e. The topological polar surface area (TPSA) is 112 Å². The number of amides is 2. The Morgan fingerprint density at radius 2 is 1.90 bits per heavy atom. The third-order valence-electron chi connectivity index (χ3n) is 2.85. The van der Waals surface area contributed by atoms with Gasteiger partial charge in [-0.25, -0.2) is 0 Å². The second-order valence-corrected chi connectivity index (χ2v) is 4.39. The van der Waals surface area contributed by atoms with Crippen LogP contribution in [0.1, 0.15) is 30.1 Å².